The average Bonchev–Trinajstić information content (AvgIpc) is 3.44. The maximum Gasteiger partial charge on any atom is 0.209 e. The van der Waals surface area contributed by atoms with Crippen molar-refractivity contribution in [3.05, 3.63) is 66.4 Å². The molecule has 0 bridgehead atoms. The van der Waals surface area contributed by atoms with Crippen molar-refractivity contribution < 1.29 is 13.2 Å². The third-order valence-electron chi connectivity index (χ3n) is 5.45. The number of sulfonamides is 1. The van der Waals surface area contributed by atoms with Crippen LogP contribution in [0.2, 0.25) is 0 Å². The Hall–Kier alpha value is -4.34. The van der Waals surface area contributed by atoms with Gasteiger partial charge in [-0.1, -0.05) is 6.07 Å². The number of methoxy groups -OCH3 is 1. The van der Waals surface area contributed by atoms with E-state index < -0.39 is 10.0 Å². The molecule has 1 N–H and O–H groups in total. The summed E-state index contributed by atoms with van der Waals surface area (Å²) < 4.78 is 34.4. The van der Waals surface area contributed by atoms with Crippen molar-refractivity contribution in [2.75, 3.05) is 13.4 Å². The van der Waals surface area contributed by atoms with Crippen molar-refractivity contribution in [1.29, 1.82) is 5.26 Å². The van der Waals surface area contributed by atoms with Crippen LogP contribution in [0.4, 0.5) is 0 Å². The zero-order valence-corrected chi connectivity index (χ0v) is 19.7. The second-order valence-electron chi connectivity index (χ2n) is 7.83. The number of hydrogen-bond donors (Lipinski definition) is 1. The second kappa shape index (κ2) is 8.79. The fraction of sp³-hybridized carbons (Fsp3) is 0.174. The number of ether oxygens (including phenoxy) is 1. The van der Waals surface area contributed by atoms with Gasteiger partial charge in [0.05, 0.1) is 54.5 Å². The molecule has 35 heavy (non-hydrogen) atoms. The quantitative estimate of drug-likeness (QED) is 0.368. The Morgan fingerprint density at radius 2 is 2.06 bits per heavy atom. The number of benzene rings is 1. The van der Waals surface area contributed by atoms with E-state index in [0.29, 0.717) is 28.5 Å². The standard InChI is InChI=1S/C23H20N8O3S/c1-34-22-10-15(12-28-35(2,32)33)4-5-20(22)31-21-11-19(26-13-16(21)18(29-31)6-7-24)17-14-27-30-9-3-8-25-23(17)30/h3-5,8-11,13-14,28H,6,12H2,1-2H3. The number of rotatable bonds is 7. The van der Waals surface area contributed by atoms with Gasteiger partial charge >= 0.3 is 0 Å². The van der Waals surface area contributed by atoms with Crippen molar-refractivity contribution in [3.8, 4) is 28.8 Å². The molecule has 0 aliphatic rings. The Morgan fingerprint density at radius 1 is 1.20 bits per heavy atom. The highest BCUT2D eigenvalue weighted by Gasteiger charge is 2.18. The molecule has 12 heteroatoms. The van der Waals surface area contributed by atoms with Crippen molar-refractivity contribution in [3.63, 3.8) is 0 Å². The van der Waals surface area contributed by atoms with Gasteiger partial charge in [0.25, 0.3) is 0 Å². The number of nitrogens with zero attached hydrogens (tertiary/aromatic N) is 7. The van der Waals surface area contributed by atoms with Crippen LogP contribution in [0.3, 0.4) is 0 Å². The Bertz CT molecular complexity index is 1720. The van der Waals surface area contributed by atoms with E-state index in [0.717, 1.165) is 28.3 Å². The van der Waals surface area contributed by atoms with Crippen molar-refractivity contribution in [2.24, 2.45) is 0 Å². The molecule has 0 saturated carbocycles. The predicted molar refractivity (Wildman–Crippen MR) is 128 cm³/mol. The van der Waals surface area contributed by atoms with Gasteiger partial charge in [0.15, 0.2) is 5.65 Å². The Labute approximate surface area is 200 Å². The lowest BCUT2D eigenvalue weighted by Crippen LogP contribution is -2.21. The number of nitriles is 1. The molecule has 0 aliphatic carbocycles. The van der Waals surface area contributed by atoms with E-state index in [1.165, 1.54) is 7.11 Å². The minimum Gasteiger partial charge on any atom is -0.494 e. The molecule has 5 rings (SSSR count). The summed E-state index contributed by atoms with van der Waals surface area (Å²) in [7, 11) is -1.80. The van der Waals surface area contributed by atoms with Crippen molar-refractivity contribution in [1.82, 2.24) is 34.1 Å². The van der Waals surface area contributed by atoms with Gasteiger partial charge in [0.2, 0.25) is 10.0 Å². The lowest BCUT2D eigenvalue weighted by molar-refractivity contribution is 0.411. The number of pyridine rings is 1. The molecule has 5 aromatic rings. The van der Waals surface area contributed by atoms with Crippen LogP contribution >= 0.6 is 0 Å². The lowest BCUT2D eigenvalue weighted by Gasteiger charge is -2.12. The number of nitrogens with one attached hydrogen (secondary N) is 1. The lowest BCUT2D eigenvalue weighted by atomic mass is 10.1. The Morgan fingerprint density at radius 3 is 2.83 bits per heavy atom. The molecule has 0 spiro atoms. The zero-order chi connectivity index (χ0) is 24.6. The van der Waals surface area contributed by atoms with Crippen LogP contribution < -0.4 is 9.46 Å². The van der Waals surface area contributed by atoms with Gasteiger partial charge in [0, 0.05) is 30.5 Å². The molecular weight excluding hydrogens is 468 g/mol. The molecule has 0 radical (unpaired) electrons. The van der Waals surface area contributed by atoms with Crippen LogP contribution in [-0.4, -0.2) is 51.1 Å². The minimum atomic E-state index is -3.34. The van der Waals surface area contributed by atoms with Gasteiger partial charge in [-0.15, -0.1) is 0 Å². The molecule has 176 valence electrons. The summed E-state index contributed by atoms with van der Waals surface area (Å²) in [6.45, 7) is 0.130. The second-order valence-corrected chi connectivity index (χ2v) is 9.66. The molecule has 11 nitrogen and oxygen atoms in total. The summed E-state index contributed by atoms with van der Waals surface area (Å²) in [4.78, 5) is 9.01. The van der Waals surface area contributed by atoms with E-state index in [9.17, 15) is 13.7 Å². The highest BCUT2D eigenvalue weighted by atomic mass is 32.2. The highest BCUT2D eigenvalue weighted by molar-refractivity contribution is 7.88. The molecule has 0 atom stereocenters. The highest BCUT2D eigenvalue weighted by Crippen LogP contribution is 2.31. The number of fused-ring (bicyclic) bond motifs is 2. The maximum absolute atomic E-state index is 11.5. The first-order valence-electron chi connectivity index (χ1n) is 10.5. The average molecular weight is 489 g/mol. The first-order chi connectivity index (χ1) is 16.9. The van der Waals surface area contributed by atoms with Crippen LogP contribution in [0.1, 0.15) is 11.3 Å². The first kappa shape index (κ1) is 22.5. The molecule has 0 aliphatic heterocycles. The smallest absolute Gasteiger partial charge is 0.209 e. The molecule has 0 saturated heterocycles. The molecule has 4 aromatic heterocycles. The largest absolute Gasteiger partial charge is 0.494 e. The van der Waals surface area contributed by atoms with Crippen molar-refractivity contribution in [2.45, 2.75) is 13.0 Å². The van der Waals surface area contributed by atoms with Gasteiger partial charge in [-0.25, -0.2) is 27.3 Å². The van der Waals surface area contributed by atoms with Gasteiger partial charge < -0.3 is 4.74 Å². The SMILES string of the molecule is COc1cc(CNS(C)(=O)=O)ccc1-n1nc(CC#N)c2cnc(-c3cnn4cccnc34)cc21. The van der Waals surface area contributed by atoms with Crippen LogP contribution in [0.15, 0.2) is 55.1 Å². The summed E-state index contributed by atoms with van der Waals surface area (Å²) in [6, 6.07) is 11.2. The van der Waals surface area contributed by atoms with Gasteiger partial charge in [-0.2, -0.15) is 15.5 Å². The van der Waals surface area contributed by atoms with Gasteiger partial charge in [-0.05, 0) is 29.8 Å². The molecule has 4 heterocycles. The molecule has 1 aromatic carbocycles. The maximum atomic E-state index is 11.5. The fourth-order valence-corrected chi connectivity index (χ4v) is 4.27. The summed E-state index contributed by atoms with van der Waals surface area (Å²) in [6.07, 6.45) is 8.13. The van der Waals surface area contributed by atoms with Gasteiger partial charge in [-0.3, -0.25) is 4.98 Å². The molecular formula is C23H20N8O3S. The summed E-state index contributed by atoms with van der Waals surface area (Å²) in [5.74, 6) is 0.502. The Kier molecular flexibility index (Phi) is 5.64. The third-order valence-corrected chi connectivity index (χ3v) is 6.12. The van der Waals surface area contributed by atoms with Crippen LogP contribution in [-0.2, 0) is 23.0 Å². The minimum absolute atomic E-state index is 0.113. The molecule has 0 unspecified atom stereocenters. The Balaban J connectivity index is 1.65. The van der Waals surface area contributed by atoms with Crippen molar-refractivity contribution >= 4 is 26.6 Å². The fourth-order valence-electron chi connectivity index (χ4n) is 3.84. The topological polar surface area (TPSA) is 140 Å². The monoisotopic (exact) mass is 488 g/mol. The first-order valence-corrected chi connectivity index (χ1v) is 12.4. The van der Waals surface area contributed by atoms with E-state index in [1.54, 1.807) is 52.1 Å². The third kappa shape index (κ3) is 4.30. The number of hydrogen-bond acceptors (Lipinski definition) is 8. The van der Waals surface area contributed by atoms with E-state index in [4.69, 9.17) is 4.74 Å². The van der Waals surface area contributed by atoms with Gasteiger partial charge in [0.1, 0.15) is 11.4 Å². The van der Waals surface area contributed by atoms with E-state index in [1.807, 2.05) is 12.3 Å². The van der Waals surface area contributed by atoms with E-state index in [2.05, 4.69) is 31.0 Å². The predicted octanol–water partition coefficient (Wildman–Crippen LogP) is 2.25. The normalized spacial score (nSPS) is 11.7. The molecule has 0 amide bonds. The number of aromatic nitrogens is 6. The van der Waals surface area contributed by atoms with E-state index >= 15 is 0 Å². The summed E-state index contributed by atoms with van der Waals surface area (Å²) in [5.41, 5.74) is 4.77. The zero-order valence-electron chi connectivity index (χ0n) is 18.9. The van der Waals surface area contributed by atoms with Crippen LogP contribution in [0.25, 0.3) is 33.5 Å². The van der Waals surface area contributed by atoms with Crippen LogP contribution in [0, 0.1) is 11.3 Å². The summed E-state index contributed by atoms with van der Waals surface area (Å²) in [5, 5.41) is 19.1. The summed E-state index contributed by atoms with van der Waals surface area (Å²) >= 11 is 0. The molecule has 0 fully saturated rings. The van der Waals surface area contributed by atoms with Crippen LogP contribution in [0.5, 0.6) is 5.75 Å². The van der Waals surface area contributed by atoms with E-state index in [-0.39, 0.29) is 13.0 Å².